The fraction of sp³-hybridized carbons (Fsp3) is 0.500. The highest BCUT2D eigenvalue weighted by Gasteiger charge is 2.27. The van der Waals surface area contributed by atoms with Gasteiger partial charge >= 0.3 is 5.97 Å². The molecule has 1 aliphatic heterocycles. The molecule has 104 valence electrons. The molecule has 0 saturated carbocycles. The second kappa shape index (κ2) is 5.93. The highest BCUT2D eigenvalue weighted by molar-refractivity contribution is 5.73. The Balaban J connectivity index is 1.96. The van der Waals surface area contributed by atoms with Gasteiger partial charge in [0.1, 0.15) is 18.8 Å². The Morgan fingerprint density at radius 3 is 2.79 bits per heavy atom. The maximum absolute atomic E-state index is 11.1. The van der Waals surface area contributed by atoms with Crippen molar-refractivity contribution in [3.05, 3.63) is 24.3 Å². The van der Waals surface area contributed by atoms with Crippen molar-refractivity contribution in [1.29, 1.82) is 0 Å². The topological polar surface area (TPSA) is 59.0 Å². The van der Waals surface area contributed by atoms with E-state index in [2.05, 4.69) is 0 Å². The van der Waals surface area contributed by atoms with Gasteiger partial charge in [-0.05, 0) is 25.6 Å². The lowest BCUT2D eigenvalue weighted by Gasteiger charge is -2.31. The third-order valence-electron chi connectivity index (χ3n) is 3.26. The monoisotopic (exact) mass is 265 g/mol. The summed E-state index contributed by atoms with van der Waals surface area (Å²) in [6, 6.07) is 7.02. The summed E-state index contributed by atoms with van der Waals surface area (Å²) in [6.07, 6.45) is 0.420. The van der Waals surface area contributed by atoms with Crippen molar-refractivity contribution in [2.24, 2.45) is 0 Å². The van der Waals surface area contributed by atoms with E-state index < -0.39 is 12.0 Å². The van der Waals surface area contributed by atoms with Crippen molar-refractivity contribution >= 4 is 5.97 Å². The molecule has 1 aliphatic rings. The number of rotatable bonds is 5. The molecular formula is C14H19NO4. The number of fused-ring (bicyclic) bond motifs is 1. The van der Waals surface area contributed by atoms with E-state index in [1.165, 1.54) is 0 Å². The number of ether oxygens (including phenoxy) is 2. The van der Waals surface area contributed by atoms with Crippen LogP contribution in [0, 0.1) is 0 Å². The first-order chi connectivity index (χ1) is 9.11. The van der Waals surface area contributed by atoms with Gasteiger partial charge in [0.2, 0.25) is 0 Å². The molecule has 0 unspecified atom stereocenters. The Morgan fingerprint density at radius 2 is 2.16 bits per heavy atom. The van der Waals surface area contributed by atoms with Gasteiger partial charge in [0.15, 0.2) is 11.5 Å². The molecule has 0 aliphatic carbocycles. The number of hydrogen-bond donors (Lipinski definition) is 1. The van der Waals surface area contributed by atoms with Crippen LogP contribution in [0.15, 0.2) is 24.3 Å². The standard InChI is InChI=1S/C14H19NO4/c1-3-11(14(16)17)15(2)8-10-9-18-12-6-4-5-7-13(12)19-10/h4-7,10-11H,3,8-9H2,1-2H3,(H,16,17)/t10-,11-/m0/s1. The molecule has 5 nitrogen and oxygen atoms in total. The molecule has 0 radical (unpaired) electrons. The molecule has 5 heteroatoms. The number of para-hydroxylation sites is 2. The highest BCUT2D eigenvalue weighted by atomic mass is 16.6. The van der Waals surface area contributed by atoms with E-state index in [-0.39, 0.29) is 6.10 Å². The van der Waals surface area contributed by atoms with Gasteiger partial charge in [0, 0.05) is 6.54 Å². The molecule has 1 N–H and O–H groups in total. The summed E-state index contributed by atoms with van der Waals surface area (Å²) in [4.78, 5) is 12.9. The fourth-order valence-corrected chi connectivity index (χ4v) is 2.28. The van der Waals surface area contributed by atoms with E-state index in [0.29, 0.717) is 19.6 Å². The molecule has 19 heavy (non-hydrogen) atoms. The van der Waals surface area contributed by atoms with Gasteiger partial charge in [-0.1, -0.05) is 19.1 Å². The van der Waals surface area contributed by atoms with Crippen LogP contribution in [0.2, 0.25) is 0 Å². The molecular weight excluding hydrogens is 246 g/mol. The van der Waals surface area contributed by atoms with Crippen molar-refractivity contribution < 1.29 is 19.4 Å². The van der Waals surface area contributed by atoms with Crippen LogP contribution in [-0.2, 0) is 4.79 Å². The predicted molar refractivity (Wildman–Crippen MR) is 70.7 cm³/mol. The van der Waals surface area contributed by atoms with E-state index in [0.717, 1.165) is 11.5 Å². The van der Waals surface area contributed by atoms with Gasteiger partial charge in [0.05, 0.1) is 0 Å². The molecule has 2 atom stereocenters. The van der Waals surface area contributed by atoms with Gasteiger partial charge in [-0.15, -0.1) is 0 Å². The molecule has 2 rings (SSSR count). The Labute approximate surface area is 112 Å². The average molecular weight is 265 g/mol. The minimum Gasteiger partial charge on any atom is -0.486 e. The molecule has 0 spiro atoms. The highest BCUT2D eigenvalue weighted by Crippen LogP contribution is 2.31. The number of carbonyl (C=O) groups is 1. The fourth-order valence-electron chi connectivity index (χ4n) is 2.28. The number of benzene rings is 1. The van der Waals surface area contributed by atoms with Crippen LogP contribution in [0.5, 0.6) is 11.5 Å². The summed E-state index contributed by atoms with van der Waals surface area (Å²) in [5, 5.41) is 9.12. The zero-order valence-corrected chi connectivity index (χ0v) is 11.2. The second-order valence-corrected chi connectivity index (χ2v) is 4.70. The number of hydrogen-bond acceptors (Lipinski definition) is 4. The quantitative estimate of drug-likeness (QED) is 0.876. The third-order valence-corrected chi connectivity index (χ3v) is 3.26. The van der Waals surface area contributed by atoms with Crippen molar-refractivity contribution in [2.75, 3.05) is 20.2 Å². The summed E-state index contributed by atoms with van der Waals surface area (Å²) in [5.41, 5.74) is 0. The number of carboxylic acid groups (broad SMARTS) is 1. The first-order valence-corrected chi connectivity index (χ1v) is 6.43. The van der Waals surface area contributed by atoms with Gasteiger partial charge in [-0.3, -0.25) is 9.69 Å². The lowest BCUT2D eigenvalue weighted by molar-refractivity contribution is -0.143. The predicted octanol–water partition coefficient (Wildman–Crippen LogP) is 1.62. The largest absolute Gasteiger partial charge is 0.486 e. The number of carboxylic acids is 1. The van der Waals surface area contributed by atoms with Crippen LogP contribution >= 0.6 is 0 Å². The molecule has 0 amide bonds. The molecule has 1 aromatic carbocycles. The van der Waals surface area contributed by atoms with E-state index in [1.54, 1.807) is 11.9 Å². The Kier molecular flexibility index (Phi) is 4.27. The molecule has 1 heterocycles. The summed E-state index contributed by atoms with van der Waals surface area (Å²) in [6.45, 7) is 2.83. The van der Waals surface area contributed by atoms with Crippen molar-refractivity contribution in [1.82, 2.24) is 4.90 Å². The van der Waals surface area contributed by atoms with Gasteiger partial charge in [-0.2, -0.15) is 0 Å². The smallest absolute Gasteiger partial charge is 0.320 e. The van der Waals surface area contributed by atoms with Crippen LogP contribution in [0.4, 0.5) is 0 Å². The van der Waals surface area contributed by atoms with E-state index in [9.17, 15) is 4.79 Å². The summed E-state index contributed by atoms with van der Waals surface area (Å²) >= 11 is 0. The minimum atomic E-state index is -0.804. The van der Waals surface area contributed by atoms with E-state index >= 15 is 0 Å². The first kappa shape index (κ1) is 13.7. The van der Waals surface area contributed by atoms with Crippen LogP contribution in [0.25, 0.3) is 0 Å². The number of aliphatic carboxylic acids is 1. The maximum Gasteiger partial charge on any atom is 0.320 e. The summed E-state index contributed by atoms with van der Waals surface area (Å²) in [7, 11) is 1.80. The third kappa shape index (κ3) is 3.17. The molecule has 0 saturated heterocycles. The maximum atomic E-state index is 11.1. The Morgan fingerprint density at radius 1 is 1.47 bits per heavy atom. The van der Waals surface area contributed by atoms with E-state index in [1.807, 2.05) is 31.2 Å². The van der Waals surface area contributed by atoms with Crippen LogP contribution in [0.3, 0.4) is 0 Å². The van der Waals surface area contributed by atoms with Crippen LogP contribution in [0.1, 0.15) is 13.3 Å². The zero-order valence-electron chi connectivity index (χ0n) is 11.2. The van der Waals surface area contributed by atoms with Crippen molar-refractivity contribution in [2.45, 2.75) is 25.5 Å². The van der Waals surface area contributed by atoms with Gasteiger partial charge in [-0.25, -0.2) is 0 Å². The number of nitrogens with zero attached hydrogens (tertiary/aromatic N) is 1. The summed E-state index contributed by atoms with van der Waals surface area (Å²) < 4.78 is 11.4. The Bertz CT molecular complexity index is 449. The van der Waals surface area contributed by atoms with Crippen molar-refractivity contribution in [3.63, 3.8) is 0 Å². The molecule has 0 aromatic heterocycles. The minimum absolute atomic E-state index is 0.145. The van der Waals surface area contributed by atoms with Gasteiger partial charge in [0.25, 0.3) is 0 Å². The lowest BCUT2D eigenvalue weighted by Crippen LogP contribution is -2.46. The molecule has 0 bridgehead atoms. The second-order valence-electron chi connectivity index (χ2n) is 4.70. The summed E-state index contributed by atoms with van der Waals surface area (Å²) in [5.74, 6) is 0.657. The zero-order chi connectivity index (χ0) is 13.8. The molecule has 0 fully saturated rings. The number of likely N-dealkylation sites (N-methyl/N-ethyl adjacent to an activating group) is 1. The Hall–Kier alpha value is -1.75. The van der Waals surface area contributed by atoms with Crippen molar-refractivity contribution in [3.8, 4) is 11.5 Å². The molecule has 1 aromatic rings. The van der Waals surface area contributed by atoms with Crippen LogP contribution < -0.4 is 9.47 Å². The van der Waals surface area contributed by atoms with Gasteiger partial charge < -0.3 is 14.6 Å². The normalized spacial score (nSPS) is 19.2. The lowest BCUT2D eigenvalue weighted by atomic mass is 10.2. The average Bonchev–Trinajstić information content (AvgIpc) is 2.39. The van der Waals surface area contributed by atoms with E-state index in [4.69, 9.17) is 14.6 Å². The first-order valence-electron chi connectivity index (χ1n) is 6.43. The van der Waals surface area contributed by atoms with Crippen LogP contribution in [-0.4, -0.2) is 48.3 Å². The SMILES string of the molecule is CC[C@@H](C(=O)O)N(C)C[C@H]1COc2ccccc2O1.